The summed E-state index contributed by atoms with van der Waals surface area (Å²) >= 11 is 12.0. The highest BCUT2D eigenvalue weighted by atomic mass is 35.5. The van der Waals surface area contributed by atoms with E-state index in [2.05, 4.69) is 35.5 Å². The van der Waals surface area contributed by atoms with Crippen molar-refractivity contribution in [2.24, 2.45) is 0 Å². The number of hydrogen-bond donors (Lipinski definition) is 1. The first kappa shape index (κ1) is 16.3. The molecule has 1 atom stereocenters. The summed E-state index contributed by atoms with van der Waals surface area (Å²) < 4.78 is 0. The molecule has 0 aromatic heterocycles. The van der Waals surface area contributed by atoms with Crippen LogP contribution in [-0.4, -0.2) is 24.4 Å². The van der Waals surface area contributed by atoms with Crippen molar-refractivity contribution < 1.29 is 4.79 Å². The summed E-state index contributed by atoms with van der Waals surface area (Å²) in [6, 6.07) is 13.5. The molecule has 0 aliphatic carbocycles. The quantitative estimate of drug-likeness (QED) is 0.882. The van der Waals surface area contributed by atoms with Crippen molar-refractivity contribution in [3.63, 3.8) is 0 Å². The average molecular weight is 349 g/mol. The molecule has 0 bridgehead atoms. The summed E-state index contributed by atoms with van der Waals surface area (Å²) in [5.74, 6) is -0.0530. The van der Waals surface area contributed by atoms with Crippen LogP contribution in [0.3, 0.4) is 0 Å². The van der Waals surface area contributed by atoms with Gasteiger partial charge in [-0.3, -0.25) is 9.69 Å². The average Bonchev–Trinajstić information content (AvgIpc) is 2.53. The maximum atomic E-state index is 12.4. The van der Waals surface area contributed by atoms with E-state index in [1.165, 1.54) is 11.1 Å². The predicted octanol–water partition coefficient (Wildman–Crippen LogP) is 4.55. The fourth-order valence-corrected chi connectivity index (χ4v) is 3.47. The Morgan fingerprint density at radius 3 is 2.83 bits per heavy atom. The number of hydrogen-bond acceptors (Lipinski definition) is 2. The molecular formula is C18H18Cl2N2O. The number of benzene rings is 2. The fourth-order valence-electron chi connectivity index (χ4n) is 3.01. The van der Waals surface area contributed by atoms with Gasteiger partial charge in [-0.05, 0) is 42.8 Å². The van der Waals surface area contributed by atoms with Crippen molar-refractivity contribution in [3.05, 3.63) is 63.6 Å². The van der Waals surface area contributed by atoms with E-state index in [1.807, 2.05) is 6.07 Å². The van der Waals surface area contributed by atoms with Crippen molar-refractivity contribution in [3.8, 4) is 0 Å². The molecule has 0 radical (unpaired) electrons. The number of nitrogens with one attached hydrogen (secondary N) is 1. The van der Waals surface area contributed by atoms with E-state index in [0.717, 1.165) is 13.0 Å². The number of halogens is 2. The zero-order valence-corrected chi connectivity index (χ0v) is 14.4. The number of anilines is 1. The SMILES string of the molecule is CN1CCc2ccccc2C1CC(=O)Nc1ccc(Cl)cc1Cl. The van der Waals surface area contributed by atoms with Crippen molar-refractivity contribution >= 4 is 34.8 Å². The largest absolute Gasteiger partial charge is 0.325 e. The molecule has 0 fully saturated rings. The van der Waals surface area contributed by atoms with Crippen LogP contribution in [-0.2, 0) is 11.2 Å². The standard InChI is InChI=1S/C18H18Cl2N2O/c1-22-9-8-12-4-2-3-5-14(12)17(22)11-18(23)21-16-7-6-13(19)10-15(16)20/h2-7,10,17H,8-9,11H2,1H3,(H,21,23). The first-order chi connectivity index (χ1) is 11.0. The van der Waals surface area contributed by atoms with Gasteiger partial charge in [-0.1, -0.05) is 47.5 Å². The zero-order chi connectivity index (χ0) is 16.4. The molecule has 1 amide bonds. The third-order valence-electron chi connectivity index (χ3n) is 4.26. The lowest BCUT2D eigenvalue weighted by Gasteiger charge is -2.34. The van der Waals surface area contributed by atoms with Crippen molar-refractivity contribution in [2.45, 2.75) is 18.9 Å². The fraction of sp³-hybridized carbons (Fsp3) is 0.278. The second kappa shape index (κ2) is 6.91. The summed E-state index contributed by atoms with van der Waals surface area (Å²) in [6.45, 7) is 0.955. The molecule has 2 aromatic carbocycles. The Hall–Kier alpha value is -1.55. The van der Waals surface area contributed by atoms with Gasteiger partial charge in [0, 0.05) is 24.0 Å². The molecule has 23 heavy (non-hydrogen) atoms. The number of likely N-dealkylation sites (N-methyl/N-ethyl adjacent to an activating group) is 1. The van der Waals surface area contributed by atoms with E-state index in [1.54, 1.807) is 18.2 Å². The number of amides is 1. The molecule has 3 nitrogen and oxygen atoms in total. The zero-order valence-electron chi connectivity index (χ0n) is 12.9. The number of rotatable bonds is 3. The molecule has 120 valence electrons. The van der Waals surface area contributed by atoms with E-state index in [0.29, 0.717) is 22.2 Å². The highest BCUT2D eigenvalue weighted by Gasteiger charge is 2.26. The van der Waals surface area contributed by atoms with Crippen molar-refractivity contribution in [1.82, 2.24) is 4.90 Å². The first-order valence-corrected chi connectivity index (χ1v) is 8.33. The second-order valence-electron chi connectivity index (χ2n) is 5.82. The summed E-state index contributed by atoms with van der Waals surface area (Å²) in [5, 5.41) is 3.88. The first-order valence-electron chi connectivity index (χ1n) is 7.57. The molecule has 3 rings (SSSR count). The lowest BCUT2D eigenvalue weighted by atomic mass is 9.91. The molecule has 0 saturated heterocycles. The monoisotopic (exact) mass is 348 g/mol. The molecule has 2 aromatic rings. The van der Waals surface area contributed by atoms with Crippen molar-refractivity contribution in [2.75, 3.05) is 18.9 Å². The molecule has 5 heteroatoms. The summed E-state index contributed by atoms with van der Waals surface area (Å²) in [7, 11) is 2.06. The minimum atomic E-state index is -0.0530. The van der Waals surface area contributed by atoms with Gasteiger partial charge in [0.15, 0.2) is 0 Å². The van der Waals surface area contributed by atoms with Crippen molar-refractivity contribution in [1.29, 1.82) is 0 Å². The third-order valence-corrected chi connectivity index (χ3v) is 4.81. The molecule has 1 aliphatic heterocycles. The normalized spacial score (nSPS) is 17.6. The van der Waals surface area contributed by atoms with Crippen LogP contribution in [0.25, 0.3) is 0 Å². The van der Waals surface area contributed by atoms with Crippen LogP contribution in [0.15, 0.2) is 42.5 Å². The van der Waals surface area contributed by atoms with Gasteiger partial charge in [0.25, 0.3) is 0 Å². The summed E-state index contributed by atoms with van der Waals surface area (Å²) in [5.41, 5.74) is 3.15. The smallest absolute Gasteiger partial charge is 0.226 e. The Kier molecular flexibility index (Phi) is 4.90. The number of carbonyl (C=O) groups excluding carboxylic acids is 1. The van der Waals surface area contributed by atoms with E-state index >= 15 is 0 Å². The van der Waals surface area contributed by atoms with Gasteiger partial charge in [-0.25, -0.2) is 0 Å². The molecule has 1 unspecified atom stereocenters. The van der Waals surface area contributed by atoms with Gasteiger partial charge < -0.3 is 5.32 Å². The second-order valence-corrected chi connectivity index (χ2v) is 6.67. The maximum absolute atomic E-state index is 12.4. The minimum Gasteiger partial charge on any atom is -0.325 e. The summed E-state index contributed by atoms with van der Waals surface area (Å²) in [6.07, 6.45) is 1.42. The molecular weight excluding hydrogens is 331 g/mol. The van der Waals surface area contributed by atoms with Gasteiger partial charge in [-0.15, -0.1) is 0 Å². The Morgan fingerprint density at radius 1 is 1.26 bits per heavy atom. The van der Waals surface area contributed by atoms with Crippen LogP contribution in [0, 0.1) is 0 Å². The molecule has 1 aliphatic rings. The molecule has 0 saturated carbocycles. The Morgan fingerprint density at radius 2 is 2.04 bits per heavy atom. The lowest BCUT2D eigenvalue weighted by Crippen LogP contribution is -2.34. The highest BCUT2D eigenvalue weighted by molar-refractivity contribution is 6.36. The number of carbonyl (C=O) groups is 1. The predicted molar refractivity (Wildman–Crippen MR) is 95.2 cm³/mol. The minimum absolute atomic E-state index is 0.0530. The van der Waals surface area contributed by atoms with Gasteiger partial charge in [0.2, 0.25) is 5.91 Å². The van der Waals surface area contributed by atoms with Gasteiger partial charge in [-0.2, -0.15) is 0 Å². The topological polar surface area (TPSA) is 32.3 Å². The molecule has 1 N–H and O–H groups in total. The summed E-state index contributed by atoms with van der Waals surface area (Å²) in [4.78, 5) is 14.7. The highest BCUT2D eigenvalue weighted by Crippen LogP contribution is 2.32. The molecule has 0 spiro atoms. The maximum Gasteiger partial charge on any atom is 0.226 e. The van der Waals surface area contributed by atoms with E-state index in [-0.39, 0.29) is 11.9 Å². The Bertz CT molecular complexity index is 733. The van der Waals surface area contributed by atoms with Crippen LogP contribution in [0.2, 0.25) is 10.0 Å². The van der Waals surface area contributed by atoms with E-state index in [4.69, 9.17) is 23.2 Å². The van der Waals surface area contributed by atoms with Crippen LogP contribution in [0.1, 0.15) is 23.6 Å². The van der Waals surface area contributed by atoms with Crippen LogP contribution in [0.5, 0.6) is 0 Å². The number of nitrogens with zero attached hydrogens (tertiary/aromatic N) is 1. The van der Waals surface area contributed by atoms with Crippen LogP contribution >= 0.6 is 23.2 Å². The van der Waals surface area contributed by atoms with Crippen LogP contribution < -0.4 is 5.32 Å². The lowest BCUT2D eigenvalue weighted by molar-refractivity contribution is -0.117. The van der Waals surface area contributed by atoms with Gasteiger partial charge in [0.05, 0.1) is 10.7 Å². The third kappa shape index (κ3) is 3.69. The number of fused-ring (bicyclic) bond motifs is 1. The van der Waals surface area contributed by atoms with Gasteiger partial charge in [0.1, 0.15) is 0 Å². The molecule has 1 heterocycles. The Labute approximate surface area is 146 Å². The Balaban J connectivity index is 1.75. The van der Waals surface area contributed by atoms with Crippen LogP contribution in [0.4, 0.5) is 5.69 Å². The van der Waals surface area contributed by atoms with Gasteiger partial charge >= 0.3 is 0 Å². The van der Waals surface area contributed by atoms with E-state index in [9.17, 15) is 4.79 Å². The van der Waals surface area contributed by atoms with E-state index < -0.39 is 0 Å².